The summed E-state index contributed by atoms with van der Waals surface area (Å²) in [5.41, 5.74) is 0. The summed E-state index contributed by atoms with van der Waals surface area (Å²) in [7, 11) is 0. The van der Waals surface area contributed by atoms with Gasteiger partial charge in [-0.2, -0.15) is 0 Å². The fraction of sp³-hybridized carbons (Fsp3) is 0.941. The molecule has 120 valence electrons. The van der Waals surface area contributed by atoms with Gasteiger partial charge in [-0.3, -0.25) is 0 Å². The van der Waals surface area contributed by atoms with E-state index in [1.54, 1.807) is 0 Å². The third-order valence-electron chi connectivity index (χ3n) is 3.78. The van der Waals surface area contributed by atoms with Crippen LogP contribution in [0.1, 0.15) is 97.3 Å². The molecule has 0 aliphatic heterocycles. The quantitative estimate of drug-likeness (QED) is 0.307. The van der Waals surface area contributed by atoms with E-state index in [-0.39, 0.29) is 6.10 Å². The van der Waals surface area contributed by atoms with Crippen molar-refractivity contribution in [3.63, 3.8) is 0 Å². The number of carboxylic acid groups (broad SMARTS) is 1. The molecule has 0 aromatic carbocycles. The zero-order chi connectivity index (χ0) is 15.1. The molecule has 0 aromatic heterocycles. The van der Waals surface area contributed by atoms with Crippen molar-refractivity contribution in [2.75, 3.05) is 0 Å². The van der Waals surface area contributed by atoms with Gasteiger partial charge in [-0.25, -0.2) is 4.79 Å². The van der Waals surface area contributed by atoms with Crippen LogP contribution in [0.4, 0.5) is 4.79 Å². The van der Waals surface area contributed by atoms with E-state index in [1.807, 2.05) is 0 Å². The van der Waals surface area contributed by atoms with Crippen molar-refractivity contribution in [2.45, 2.75) is 103 Å². The molecule has 0 heterocycles. The minimum Gasteiger partial charge on any atom is -0.450 e. The molecular weight excluding hydrogens is 252 g/mol. The Morgan fingerprint density at radius 2 is 1.20 bits per heavy atom. The number of hydrogen-bond donors (Lipinski definition) is 1. The summed E-state index contributed by atoms with van der Waals surface area (Å²) in [6, 6.07) is 0. The molecule has 0 radical (unpaired) electrons. The fourth-order valence-electron chi connectivity index (χ4n) is 2.53. The average molecular weight is 286 g/mol. The van der Waals surface area contributed by atoms with Gasteiger partial charge in [0, 0.05) is 0 Å². The molecule has 0 saturated heterocycles. The van der Waals surface area contributed by atoms with Gasteiger partial charge in [0.15, 0.2) is 0 Å². The number of hydrogen-bond acceptors (Lipinski definition) is 2. The van der Waals surface area contributed by atoms with Crippen LogP contribution in [0.15, 0.2) is 0 Å². The fourth-order valence-corrected chi connectivity index (χ4v) is 2.53. The standard InChI is InChI=1S/C17H34O3/c1-3-5-7-9-10-11-13-15-16(20-17(18)19)14-12-8-6-4-2/h16H,3-15H2,1-2H3,(H,18,19). The number of carbonyl (C=O) groups is 1. The first-order valence-electron chi connectivity index (χ1n) is 8.60. The van der Waals surface area contributed by atoms with E-state index in [2.05, 4.69) is 13.8 Å². The summed E-state index contributed by atoms with van der Waals surface area (Å²) >= 11 is 0. The highest BCUT2D eigenvalue weighted by molar-refractivity contribution is 5.57. The van der Waals surface area contributed by atoms with Crippen molar-refractivity contribution < 1.29 is 14.6 Å². The molecule has 0 rings (SSSR count). The van der Waals surface area contributed by atoms with Crippen LogP contribution in [0.5, 0.6) is 0 Å². The van der Waals surface area contributed by atoms with Crippen LogP contribution in [0, 0.1) is 0 Å². The number of unbranched alkanes of at least 4 members (excludes halogenated alkanes) is 9. The third kappa shape index (κ3) is 13.7. The SMILES string of the molecule is CCCCCCCCCC(CCCCCC)OC(=O)O. The highest BCUT2D eigenvalue weighted by Gasteiger charge is 2.12. The van der Waals surface area contributed by atoms with Crippen LogP contribution in [0.25, 0.3) is 0 Å². The zero-order valence-corrected chi connectivity index (χ0v) is 13.5. The Morgan fingerprint density at radius 3 is 1.65 bits per heavy atom. The Balaban J connectivity index is 3.61. The van der Waals surface area contributed by atoms with E-state index in [1.165, 1.54) is 57.8 Å². The Kier molecular flexibility index (Phi) is 14.1. The predicted molar refractivity (Wildman–Crippen MR) is 84.3 cm³/mol. The van der Waals surface area contributed by atoms with Crippen molar-refractivity contribution in [3.05, 3.63) is 0 Å². The highest BCUT2D eigenvalue weighted by atomic mass is 16.7. The maximum atomic E-state index is 10.7. The van der Waals surface area contributed by atoms with Gasteiger partial charge in [-0.15, -0.1) is 0 Å². The van der Waals surface area contributed by atoms with Crippen LogP contribution < -0.4 is 0 Å². The Labute approximate surface area is 125 Å². The largest absolute Gasteiger partial charge is 0.506 e. The minimum atomic E-state index is -1.12. The van der Waals surface area contributed by atoms with Gasteiger partial charge < -0.3 is 9.84 Å². The molecular formula is C17H34O3. The monoisotopic (exact) mass is 286 g/mol. The molecule has 1 atom stereocenters. The first-order valence-corrected chi connectivity index (χ1v) is 8.60. The second kappa shape index (κ2) is 14.7. The maximum Gasteiger partial charge on any atom is 0.506 e. The average Bonchev–Trinajstić information content (AvgIpc) is 2.41. The topological polar surface area (TPSA) is 46.5 Å². The first kappa shape index (κ1) is 19.3. The molecule has 0 aliphatic rings. The lowest BCUT2D eigenvalue weighted by Crippen LogP contribution is -2.16. The maximum absolute atomic E-state index is 10.7. The van der Waals surface area contributed by atoms with Crippen molar-refractivity contribution in [2.24, 2.45) is 0 Å². The summed E-state index contributed by atoms with van der Waals surface area (Å²) in [6.07, 6.45) is 14.1. The zero-order valence-electron chi connectivity index (χ0n) is 13.5. The Bertz CT molecular complexity index is 216. The first-order chi connectivity index (χ1) is 9.70. The van der Waals surface area contributed by atoms with Gasteiger partial charge in [-0.1, -0.05) is 71.6 Å². The van der Waals surface area contributed by atoms with Crippen molar-refractivity contribution in [1.29, 1.82) is 0 Å². The molecule has 3 heteroatoms. The van der Waals surface area contributed by atoms with E-state index >= 15 is 0 Å². The normalized spacial score (nSPS) is 12.3. The van der Waals surface area contributed by atoms with Gasteiger partial charge in [0.2, 0.25) is 0 Å². The van der Waals surface area contributed by atoms with E-state index in [0.29, 0.717) is 0 Å². The van der Waals surface area contributed by atoms with Gasteiger partial charge in [-0.05, 0) is 25.7 Å². The van der Waals surface area contributed by atoms with Gasteiger partial charge in [0.25, 0.3) is 0 Å². The smallest absolute Gasteiger partial charge is 0.450 e. The van der Waals surface area contributed by atoms with E-state index in [4.69, 9.17) is 9.84 Å². The van der Waals surface area contributed by atoms with Crippen LogP contribution in [-0.2, 0) is 4.74 Å². The molecule has 1 N–H and O–H groups in total. The molecule has 0 aromatic rings. The summed E-state index contributed by atoms with van der Waals surface area (Å²) in [5, 5.41) is 8.76. The van der Waals surface area contributed by atoms with Crippen LogP contribution in [-0.4, -0.2) is 17.4 Å². The van der Waals surface area contributed by atoms with Crippen molar-refractivity contribution in [3.8, 4) is 0 Å². The molecule has 0 fully saturated rings. The molecule has 0 spiro atoms. The predicted octanol–water partition coefficient (Wildman–Crippen LogP) is 6.16. The van der Waals surface area contributed by atoms with Crippen molar-refractivity contribution >= 4 is 6.16 Å². The third-order valence-corrected chi connectivity index (χ3v) is 3.78. The molecule has 3 nitrogen and oxygen atoms in total. The summed E-state index contributed by atoms with van der Waals surface area (Å²) < 4.78 is 4.99. The van der Waals surface area contributed by atoms with Crippen LogP contribution >= 0.6 is 0 Å². The van der Waals surface area contributed by atoms with Crippen LogP contribution in [0.2, 0.25) is 0 Å². The second-order valence-electron chi connectivity index (χ2n) is 5.77. The molecule has 20 heavy (non-hydrogen) atoms. The molecule has 0 saturated carbocycles. The molecule has 1 unspecified atom stereocenters. The molecule has 0 amide bonds. The van der Waals surface area contributed by atoms with Gasteiger partial charge >= 0.3 is 6.16 Å². The lowest BCUT2D eigenvalue weighted by Gasteiger charge is -2.15. The summed E-state index contributed by atoms with van der Waals surface area (Å²) in [4.78, 5) is 10.7. The van der Waals surface area contributed by atoms with E-state index < -0.39 is 6.16 Å². The second-order valence-corrected chi connectivity index (χ2v) is 5.77. The van der Waals surface area contributed by atoms with Gasteiger partial charge in [0.1, 0.15) is 6.10 Å². The van der Waals surface area contributed by atoms with Crippen molar-refractivity contribution in [1.82, 2.24) is 0 Å². The van der Waals surface area contributed by atoms with E-state index in [9.17, 15) is 4.79 Å². The lowest BCUT2D eigenvalue weighted by atomic mass is 10.0. The van der Waals surface area contributed by atoms with Gasteiger partial charge in [0.05, 0.1) is 0 Å². The Hall–Kier alpha value is -0.730. The Morgan fingerprint density at radius 1 is 0.800 bits per heavy atom. The number of rotatable bonds is 14. The molecule has 0 aliphatic carbocycles. The van der Waals surface area contributed by atoms with E-state index in [0.717, 1.165) is 25.7 Å². The highest BCUT2D eigenvalue weighted by Crippen LogP contribution is 2.16. The lowest BCUT2D eigenvalue weighted by molar-refractivity contribution is 0.0422. The number of ether oxygens (including phenoxy) is 1. The molecule has 0 bridgehead atoms. The summed E-state index contributed by atoms with van der Waals surface area (Å²) in [5.74, 6) is 0. The summed E-state index contributed by atoms with van der Waals surface area (Å²) in [6.45, 7) is 4.41. The minimum absolute atomic E-state index is 0.0833. The van der Waals surface area contributed by atoms with Crippen LogP contribution in [0.3, 0.4) is 0 Å².